The predicted molar refractivity (Wildman–Crippen MR) is 186 cm³/mol. The van der Waals surface area contributed by atoms with Gasteiger partial charge in [-0.15, -0.1) is 0 Å². The van der Waals surface area contributed by atoms with Crippen LogP contribution >= 0.6 is 0 Å². The fraction of sp³-hybridized carbons (Fsp3) is 0.561. The summed E-state index contributed by atoms with van der Waals surface area (Å²) in [6.45, 7) is 10.3. The van der Waals surface area contributed by atoms with Gasteiger partial charge in [0.15, 0.2) is 0 Å². The summed E-state index contributed by atoms with van der Waals surface area (Å²) < 4.78 is 26.1. The number of hydrogen-bond acceptors (Lipinski definition) is 5. The number of esters is 2. The Kier molecular flexibility index (Phi) is 14.3. The molecular weight excluding hydrogens is 591 g/mol. The van der Waals surface area contributed by atoms with Crippen LogP contribution in [0.25, 0.3) is 0 Å². The van der Waals surface area contributed by atoms with Crippen LogP contribution in [0.3, 0.4) is 0 Å². The summed E-state index contributed by atoms with van der Waals surface area (Å²) in [6, 6.07) is 14.9. The number of carbonyl (C=O) groups excluding carboxylic acids is 2. The monoisotopic (exact) mass is 646 g/mol. The molecule has 1 atom stereocenters. The van der Waals surface area contributed by atoms with E-state index in [1.54, 1.807) is 13.0 Å². The first-order valence-corrected chi connectivity index (χ1v) is 17.8. The standard InChI is InChI=1S/C41H55FO5/c1-5-6-7-8-30-9-12-33(13-10-30)34-14-16-35(17-15-34)36-18-20-37(21-19-36)38-22-11-31(24-39(38)42)23-32(26-46-40(44)28(2)3)27-47-41(45)29(4)25-43/h9-13,22,24,32,34-37,43H,2,4-8,14-21,23,25-27H2,1,3H3. The lowest BCUT2D eigenvalue weighted by atomic mass is 9.67. The molecule has 4 rings (SSSR count). The van der Waals surface area contributed by atoms with Gasteiger partial charge in [-0.05, 0) is 130 Å². The lowest BCUT2D eigenvalue weighted by Crippen LogP contribution is -2.25. The molecule has 5 nitrogen and oxygen atoms in total. The molecule has 47 heavy (non-hydrogen) atoms. The summed E-state index contributed by atoms with van der Waals surface area (Å²) in [7, 11) is 0. The Morgan fingerprint density at radius 1 is 0.830 bits per heavy atom. The van der Waals surface area contributed by atoms with E-state index in [2.05, 4.69) is 44.3 Å². The van der Waals surface area contributed by atoms with Crippen LogP contribution in [0.4, 0.5) is 4.39 Å². The topological polar surface area (TPSA) is 72.8 Å². The van der Waals surface area contributed by atoms with Crippen molar-refractivity contribution in [1.29, 1.82) is 0 Å². The maximum absolute atomic E-state index is 15.5. The van der Waals surface area contributed by atoms with E-state index in [9.17, 15) is 9.59 Å². The van der Waals surface area contributed by atoms with Crippen LogP contribution in [0.2, 0.25) is 0 Å². The SMILES string of the molecule is C=C(C)C(=O)OCC(COC(=O)C(=C)CO)Cc1ccc(C2CCC(C3CCC(c4ccc(CCCCC)cc4)CC3)CC2)c(F)c1. The second-order valence-electron chi connectivity index (χ2n) is 14.1. The molecule has 0 radical (unpaired) electrons. The summed E-state index contributed by atoms with van der Waals surface area (Å²) in [5, 5.41) is 9.15. The van der Waals surface area contributed by atoms with Crippen LogP contribution in [0.1, 0.15) is 119 Å². The van der Waals surface area contributed by atoms with Crippen molar-refractivity contribution in [3.8, 4) is 0 Å². The number of ether oxygens (including phenoxy) is 2. The van der Waals surface area contributed by atoms with E-state index in [0.717, 1.165) is 48.6 Å². The maximum Gasteiger partial charge on any atom is 0.335 e. The van der Waals surface area contributed by atoms with E-state index in [1.165, 1.54) is 62.5 Å². The van der Waals surface area contributed by atoms with E-state index in [0.29, 0.717) is 12.3 Å². The number of aliphatic hydroxyl groups excluding tert-OH is 1. The maximum atomic E-state index is 15.5. The van der Waals surface area contributed by atoms with Crippen molar-refractivity contribution in [2.75, 3.05) is 19.8 Å². The van der Waals surface area contributed by atoms with Gasteiger partial charge in [-0.2, -0.15) is 0 Å². The Labute approximate surface area is 281 Å². The minimum atomic E-state index is -0.711. The average Bonchev–Trinajstić information content (AvgIpc) is 3.09. The zero-order valence-corrected chi connectivity index (χ0v) is 28.6. The molecule has 0 aromatic heterocycles. The molecule has 0 amide bonds. The molecule has 0 heterocycles. The largest absolute Gasteiger partial charge is 0.462 e. The molecule has 0 spiro atoms. The molecule has 2 fully saturated rings. The lowest BCUT2D eigenvalue weighted by molar-refractivity contribution is -0.144. The number of halogens is 1. The van der Waals surface area contributed by atoms with Crippen molar-refractivity contribution in [3.05, 3.63) is 94.8 Å². The molecule has 1 unspecified atom stereocenters. The Morgan fingerprint density at radius 2 is 1.40 bits per heavy atom. The number of benzene rings is 2. The molecular formula is C41H55FO5. The molecule has 2 saturated carbocycles. The normalized spacial score (nSPS) is 21.9. The van der Waals surface area contributed by atoms with Gasteiger partial charge in [-0.1, -0.05) is 69.3 Å². The molecule has 256 valence electrons. The van der Waals surface area contributed by atoms with Gasteiger partial charge in [0.1, 0.15) is 5.82 Å². The molecule has 2 aromatic carbocycles. The Bertz CT molecular complexity index is 1330. The number of unbranched alkanes of at least 4 members (excludes halogenated alkanes) is 2. The quantitative estimate of drug-likeness (QED) is 0.112. The van der Waals surface area contributed by atoms with Crippen molar-refractivity contribution in [3.63, 3.8) is 0 Å². The third-order valence-electron chi connectivity index (χ3n) is 10.5. The molecule has 6 heteroatoms. The number of aryl methyl sites for hydroxylation is 1. The fourth-order valence-electron chi connectivity index (χ4n) is 7.57. The van der Waals surface area contributed by atoms with Crippen molar-refractivity contribution in [2.24, 2.45) is 17.8 Å². The van der Waals surface area contributed by atoms with Gasteiger partial charge in [0.25, 0.3) is 0 Å². The number of carbonyl (C=O) groups is 2. The first-order chi connectivity index (χ1) is 22.7. The number of hydrogen-bond donors (Lipinski definition) is 1. The highest BCUT2D eigenvalue weighted by Crippen LogP contribution is 2.46. The Balaban J connectivity index is 1.26. The highest BCUT2D eigenvalue weighted by Gasteiger charge is 2.32. The van der Waals surface area contributed by atoms with E-state index in [1.807, 2.05) is 12.1 Å². The smallest absolute Gasteiger partial charge is 0.335 e. The van der Waals surface area contributed by atoms with Gasteiger partial charge < -0.3 is 14.6 Å². The van der Waals surface area contributed by atoms with Crippen molar-refractivity contribution < 1.29 is 28.6 Å². The van der Waals surface area contributed by atoms with Crippen LogP contribution < -0.4 is 0 Å². The Hall–Kier alpha value is -3.25. The van der Waals surface area contributed by atoms with Gasteiger partial charge >= 0.3 is 11.9 Å². The fourth-order valence-corrected chi connectivity index (χ4v) is 7.57. The van der Waals surface area contributed by atoms with Gasteiger partial charge in [-0.3, -0.25) is 0 Å². The predicted octanol–water partition coefficient (Wildman–Crippen LogP) is 9.18. The summed E-state index contributed by atoms with van der Waals surface area (Å²) >= 11 is 0. The van der Waals surface area contributed by atoms with Crippen LogP contribution in [0.15, 0.2) is 66.8 Å². The van der Waals surface area contributed by atoms with Crippen molar-refractivity contribution in [2.45, 2.75) is 109 Å². The van der Waals surface area contributed by atoms with Crippen LogP contribution in [-0.2, 0) is 31.9 Å². The first kappa shape index (κ1) is 36.6. The van der Waals surface area contributed by atoms with Gasteiger partial charge in [0, 0.05) is 11.5 Å². The third kappa shape index (κ3) is 10.9. The van der Waals surface area contributed by atoms with E-state index >= 15 is 4.39 Å². The molecule has 2 aliphatic carbocycles. The average molecular weight is 647 g/mol. The third-order valence-corrected chi connectivity index (χ3v) is 10.5. The van der Waals surface area contributed by atoms with Crippen LogP contribution in [0, 0.1) is 23.6 Å². The molecule has 0 saturated heterocycles. The summed E-state index contributed by atoms with van der Waals surface area (Å²) in [5.74, 6) is 0.598. The highest BCUT2D eigenvalue weighted by molar-refractivity contribution is 5.88. The first-order valence-electron chi connectivity index (χ1n) is 17.8. The number of rotatable bonds is 16. The highest BCUT2D eigenvalue weighted by atomic mass is 19.1. The zero-order valence-electron chi connectivity index (χ0n) is 28.6. The van der Waals surface area contributed by atoms with Crippen LogP contribution in [-0.4, -0.2) is 36.9 Å². The summed E-state index contributed by atoms with van der Waals surface area (Å²) in [5.41, 5.74) is 4.72. The lowest BCUT2D eigenvalue weighted by Gasteiger charge is -2.38. The molecule has 1 N–H and O–H groups in total. The second kappa shape index (κ2) is 18.3. The molecule has 2 aromatic rings. The molecule has 0 aliphatic heterocycles. The molecule has 0 bridgehead atoms. The second-order valence-corrected chi connectivity index (χ2v) is 14.1. The van der Waals surface area contributed by atoms with Crippen LogP contribution in [0.5, 0.6) is 0 Å². The van der Waals surface area contributed by atoms with E-state index in [4.69, 9.17) is 14.6 Å². The van der Waals surface area contributed by atoms with Gasteiger partial charge in [-0.25, -0.2) is 14.0 Å². The van der Waals surface area contributed by atoms with E-state index in [-0.39, 0.29) is 42.0 Å². The van der Waals surface area contributed by atoms with Gasteiger partial charge in [0.05, 0.1) is 25.4 Å². The minimum Gasteiger partial charge on any atom is -0.462 e. The summed E-state index contributed by atoms with van der Waals surface area (Å²) in [4.78, 5) is 24.0. The minimum absolute atomic E-state index is 0.00865. The Morgan fingerprint density at radius 3 is 1.96 bits per heavy atom. The molecule has 2 aliphatic rings. The number of aliphatic hydroxyl groups is 1. The summed E-state index contributed by atoms with van der Waals surface area (Å²) in [6.07, 6.45) is 14.9. The van der Waals surface area contributed by atoms with Crippen molar-refractivity contribution in [1.82, 2.24) is 0 Å². The van der Waals surface area contributed by atoms with E-state index < -0.39 is 18.5 Å². The van der Waals surface area contributed by atoms with Crippen molar-refractivity contribution >= 4 is 11.9 Å². The van der Waals surface area contributed by atoms with Gasteiger partial charge in [0.2, 0.25) is 0 Å². The zero-order chi connectivity index (χ0) is 33.8.